The summed E-state index contributed by atoms with van der Waals surface area (Å²) in [6.07, 6.45) is 0. The topological polar surface area (TPSA) is 133 Å². The number of nitro benzene ring substituents is 1. The third kappa shape index (κ3) is 4.66. The van der Waals surface area contributed by atoms with E-state index < -0.39 is 16.9 Å². The number of ether oxygens (including phenoxy) is 3. The third-order valence-corrected chi connectivity index (χ3v) is 5.92. The van der Waals surface area contributed by atoms with E-state index >= 15 is 0 Å². The van der Waals surface area contributed by atoms with E-state index in [1.165, 1.54) is 25.3 Å². The second-order valence-corrected chi connectivity index (χ2v) is 8.13. The summed E-state index contributed by atoms with van der Waals surface area (Å²) in [6, 6.07) is 4.24. The predicted octanol–water partition coefficient (Wildman–Crippen LogP) is 4.84. The van der Waals surface area contributed by atoms with Crippen molar-refractivity contribution in [3.63, 3.8) is 0 Å². The molecule has 10 heteroatoms. The van der Waals surface area contributed by atoms with Crippen LogP contribution < -0.4 is 4.74 Å². The molecule has 0 spiro atoms. The molecule has 190 valence electrons. The van der Waals surface area contributed by atoms with Gasteiger partial charge in [-0.3, -0.25) is 15.1 Å². The van der Waals surface area contributed by atoms with Crippen LogP contribution in [0.4, 0.5) is 5.69 Å². The van der Waals surface area contributed by atoms with Gasteiger partial charge in [0.15, 0.2) is 0 Å². The van der Waals surface area contributed by atoms with Crippen LogP contribution in [0.15, 0.2) is 40.0 Å². The number of rotatable bonds is 8. The lowest BCUT2D eigenvalue weighted by molar-refractivity contribution is -0.384. The van der Waals surface area contributed by atoms with Crippen molar-refractivity contribution in [2.75, 3.05) is 20.3 Å². The fraction of sp³-hybridized carbons (Fsp3) is 0.346. The molecule has 0 amide bonds. The Morgan fingerprint density at radius 1 is 1.06 bits per heavy atom. The van der Waals surface area contributed by atoms with Crippen molar-refractivity contribution in [1.82, 2.24) is 4.98 Å². The molecular weight excluding hydrogens is 466 g/mol. The molecule has 10 nitrogen and oxygen atoms in total. The van der Waals surface area contributed by atoms with Gasteiger partial charge < -0.3 is 19.2 Å². The number of nitrogens with zero attached hydrogens (tertiary/aromatic N) is 2. The van der Waals surface area contributed by atoms with Crippen molar-refractivity contribution in [2.24, 2.45) is 4.99 Å². The SMILES string of the molecule is CCOC(=O)C1=C(C)/C(=C(\c2cc([N+](=O)[O-])ccc2OC)c2[nH]c(C)c(C(=O)OCC)c2C)N=C1C. The van der Waals surface area contributed by atoms with Gasteiger partial charge in [0, 0.05) is 29.0 Å². The van der Waals surface area contributed by atoms with Crippen LogP contribution in [0, 0.1) is 24.0 Å². The first-order valence-corrected chi connectivity index (χ1v) is 11.4. The Hall–Kier alpha value is -4.21. The van der Waals surface area contributed by atoms with Gasteiger partial charge in [-0.05, 0) is 58.7 Å². The number of allylic oxidation sites excluding steroid dienone is 1. The number of benzene rings is 1. The van der Waals surface area contributed by atoms with E-state index in [2.05, 4.69) is 9.98 Å². The molecule has 3 rings (SSSR count). The van der Waals surface area contributed by atoms with Crippen molar-refractivity contribution >= 4 is 28.9 Å². The summed E-state index contributed by atoms with van der Waals surface area (Å²) >= 11 is 0. The van der Waals surface area contributed by atoms with E-state index in [-0.39, 0.29) is 18.9 Å². The van der Waals surface area contributed by atoms with Crippen LogP contribution in [0.5, 0.6) is 5.75 Å². The van der Waals surface area contributed by atoms with E-state index in [1.54, 1.807) is 41.5 Å². The smallest absolute Gasteiger partial charge is 0.340 e. The van der Waals surface area contributed by atoms with Crippen molar-refractivity contribution < 1.29 is 28.7 Å². The van der Waals surface area contributed by atoms with E-state index in [9.17, 15) is 19.7 Å². The van der Waals surface area contributed by atoms with Gasteiger partial charge in [-0.2, -0.15) is 0 Å². The number of H-pyrrole nitrogens is 1. The molecule has 0 unspecified atom stereocenters. The number of nitrogens with one attached hydrogen (secondary N) is 1. The highest BCUT2D eigenvalue weighted by atomic mass is 16.6. The Bertz CT molecular complexity index is 1350. The summed E-state index contributed by atoms with van der Waals surface area (Å²) in [5.74, 6) is -0.642. The van der Waals surface area contributed by atoms with Crippen LogP contribution >= 0.6 is 0 Å². The van der Waals surface area contributed by atoms with E-state index in [0.717, 1.165) is 0 Å². The maximum Gasteiger partial charge on any atom is 0.340 e. The maximum atomic E-state index is 12.7. The van der Waals surface area contributed by atoms with Crippen LogP contribution in [-0.2, 0) is 14.3 Å². The predicted molar refractivity (Wildman–Crippen MR) is 134 cm³/mol. The minimum atomic E-state index is -0.511. The lowest BCUT2D eigenvalue weighted by Crippen LogP contribution is -2.13. The number of nitro groups is 1. The molecule has 0 bridgehead atoms. The van der Waals surface area contributed by atoms with Crippen molar-refractivity contribution in [3.05, 3.63) is 73.2 Å². The molecule has 1 aromatic carbocycles. The summed E-state index contributed by atoms with van der Waals surface area (Å²) < 4.78 is 16.0. The molecule has 0 saturated heterocycles. The standard InChI is InChI=1S/C26H29N3O7/c1-8-35-25(30)20-13(3)23(27-15(20)5)22(18-12-17(29(32)33)10-11-19(18)34-7)24-14(4)21(16(6)28-24)26(31)36-9-2/h10-12,27H,8-9H2,1-7H3/b24-22-. The van der Waals surface area contributed by atoms with Crippen molar-refractivity contribution in [2.45, 2.75) is 41.5 Å². The number of aliphatic imine (C=N–C) groups is 1. The third-order valence-electron chi connectivity index (χ3n) is 5.92. The minimum absolute atomic E-state index is 0.151. The highest BCUT2D eigenvalue weighted by Gasteiger charge is 2.32. The molecule has 1 aliphatic rings. The molecule has 2 aromatic rings. The molecule has 1 N–H and O–H groups in total. The highest BCUT2D eigenvalue weighted by molar-refractivity contribution is 6.22. The fourth-order valence-corrected chi connectivity index (χ4v) is 4.34. The largest absolute Gasteiger partial charge is 0.496 e. The van der Waals surface area contributed by atoms with Gasteiger partial charge in [0.25, 0.3) is 5.69 Å². The summed E-state index contributed by atoms with van der Waals surface area (Å²) in [7, 11) is 1.46. The average molecular weight is 496 g/mol. The Balaban J connectivity index is 2.45. The number of hydrogen-bond acceptors (Lipinski definition) is 8. The zero-order valence-corrected chi connectivity index (χ0v) is 21.4. The van der Waals surface area contributed by atoms with E-state index in [4.69, 9.17) is 14.2 Å². The van der Waals surface area contributed by atoms with Gasteiger partial charge in [0.1, 0.15) is 5.75 Å². The van der Waals surface area contributed by atoms with Crippen LogP contribution in [0.2, 0.25) is 0 Å². The number of carbonyl (C=O) groups excluding carboxylic acids is 2. The quantitative estimate of drug-likeness (QED) is 0.315. The minimum Gasteiger partial charge on any atom is -0.496 e. The van der Waals surface area contributed by atoms with Gasteiger partial charge >= 0.3 is 11.9 Å². The summed E-state index contributed by atoms with van der Waals surface area (Å²) in [4.78, 5) is 44.4. The zero-order chi connectivity index (χ0) is 26.7. The van der Waals surface area contributed by atoms with E-state index in [1.807, 2.05) is 0 Å². The first-order valence-electron chi connectivity index (χ1n) is 11.4. The monoisotopic (exact) mass is 495 g/mol. The average Bonchev–Trinajstić information content (AvgIpc) is 3.28. The van der Waals surface area contributed by atoms with Gasteiger partial charge in [-0.25, -0.2) is 9.59 Å². The molecule has 0 atom stereocenters. The van der Waals surface area contributed by atoms with Crippen LogP contribution in [0.25, 0.3) is 5.57 Å². The van der Waals surface area contributed by atoms with Gasteiger partial charge in [-0.15, -0.1) is 0 Å². The fourth-order valence-electron chi connectivity index (χ4n) is 4.34. The Morgan fingerprint density at radius 3 is 2.28 bits per heavy atom. The second kappa shape index (κ2) is 10.6. The molecular formula is C26H29N3O7. The van der Waals surface area contributed by atoms with Gasteiger partial charge in [0.2, 0.25) is 0 Å². The number of carbonyl (C=O) groups is 2. The molecule has 1 aromatic heterocycles. The molecule has 0 saturated carbocycles. The maximum absolute atomic E-state index is 12.7. The van der Waals surface area contributed by atoms with Gasteiger partial charge in [-0.1, -0.05) is 0 Å². The molecule has 36 heavy (non-hydrogen) atoms. The molecule has 0 fully saturated rings. The summed E-state index contributed by atoms with van der Waals surface area (Å²) in [5.41, 5.74) is 4.40. The highest BCUT2D eigenvalue weighted by Crippen LogP contribution is 2.42. The number of aromatic nitrogens is 1. The first kappa shape index (κ1) is 26.4. The van der Waals surface area contributed by atoms with Crippen molar-refractivity contribution in [1.29, 1.82) is 0 Å². The summed E-state index contributed by atoms with van der Waals surface area (Å²) in [6.45, 7) is 10.8. The number of hydrogen-bond donors (Lipinski definition) is 1. The summed E-state index contributed by atoms with van der Waals surface area (Å²) in [5, 5.41) is 11.6. The van der Waals surface area contributed by atoms with Crippen molar-refractivity contribution in [3.8, 4) is 5.75 Å². The Kier molecular flexibility index (Phi) is 7.77. The number of methoxy groups -OCH3 is 1. The van der Waals surface area contributed by atoms with Crippen LogP contribution in [0.3, 0.4) is 0 Å². The van der Waals surface area contributed by atoms with Gasteiger partial charge in [0.05, 0.1) is 53.5 Å². The zero-order valence-electron chi connectivity index (χ0n) is 21.4. The van der Waals surface area contributed by atoms with E-state index in [0.29, 0.717) is 62.0 Å². The molecule has 1 aliphatic heterocycles. The molecule has 0 radical (unpaired) electrons. The molecule has 0 aliphatic carbocycles. The lowest BCUT2D eigenvalue weighted by atomic mass is 9.93. The second-order valence-electron chi connectivity index (χ2n) is 8.13. The number of aromatic amines is 1. The number of esters is 2. The normalized spacial score (nSPS) is 14.5. The Morgan fingerprint density at radius 2 is 1.69 bits per heavy atom. The van der Waals surface area contributed by atoms with Crippen LogP contribution in [0.1, 0.15) is 60.6 Å². The van der Waals surface area contributed by atoms with Crippen LogP contribution in [-0.4, -0.2) is 47.9 Å². The number of aryl methyl sites for hydroxylation is 1. The number of non-ortho nitro benzene ring substituents is 1. The first-order chi connectivity index (χ1) is 17.1. The lowest BCUT2D eigenvalue weighted by Gasteiger charge is -2.15. The Labute approximate surface area is 208 Å². The molecule has 2 heterocycles.